The van der Waals surface area contributed by atoms with Crippen LogP contribution in [0.3, 0.4) is 0 Å². The summed E-state index contributed by atoms with van der Waals surface area (Å²) in [5.74, 6) is -0.00621. The van der Waals surface area contributed by atoms with Crippen LogP contribution in [0.4, 0.5) is 21.7 Å². The molecule has 16 heteroatoms. The fraction of sp³-hybridized carbons (Fsp3) is 0.286. The Balaban J connectivity index is 2.21. The van der Waals surface area contributed by atoms with Crippen LogP contribution in [0, 0.1) is 15.9 Å². The van der Waals surface area contributed by atoms with E-state index in [0.29, 0.717) is 5.95 Å². The van der Waals surface area contributed by atoms with Gasteiger partial charge in [0.15, 0.2) is 5.82 Å². The molecule has 0 amide bonds. The largest absolute Gasteiger partial charge is 0.390 e. The van der Waals surface area contributed by atoms with Crippen molar-refractivity contribution in [3.63, 3.8) is 0 Å². The molecule has 1 saturated heterocycles. The van der Waals surface area contributed by atoms with E-state index in [4.69, 9.17) is 0 Å². The minimum Gasteiger partial charge on any atom is -0.390 e. The topological polar surface area (TPSA) is 75.4 Å². The van der Waals surface area contributed by atoms with Crippen molar-refractivity contribution in [3.8, 4) is 0 Å². The van der Waals surface area contributed by atoms with Crippen molar-refractivity contribution < 1.29 is 9.31 Å². The van der Waals surface area contributed by atoms with Gasteiger partial charge >= 0.3 is 0 Å². The van der Waals surface area contributed by atoms with Gasteiger partial charge in [-0.3, -0.25) is 10.1 Å². The van der Waals surface area contributed by atoms with Crippen molar-refractivity contribution >= 4 is 80.1 Å². The first-order chi connectivity index (χ1) is 13.7. The maximum Gasteiger partial charge on any atom is 0.269 e. The molecule has 7 nitrogen and oxygen atoms in total. The molecular formula is C14H22B8FN5O2. The molecule has 1 aromatic carbocycles. The molecule has 1 aliphatic heterocycles. The summed E-state index contributed by atoms with van der Waals surface area (Å²) in [5, 5.41) is 9.27. The SMILES string of the molecule is BC1(B)N(c2ccc([N+](=O)[O-])cc2)C(B)(B)C(B)(B)N(c2ncc(F)cn2)C1(B)B. The quantitative estimate of drug-likeness (QED) is 0.291. The highest BCUT2D eigenvalue weighted by molar-refractivity contribution is 6.64. The molecule has 1 fully saturated rings. The van der Waals surface area contributed by atoms with Crippen LogP contribution in [0.15, 0.2) is 36.7 Å². The Kier molecular flexibility index (Phi) is 5.15. The number of aromatic nitrogens is 2. The van der Waals surface area contributed by atoms with Gasteiger partial charge in [-0.2, -0.15) is 0 Å². The van der Waals surface area contributed by atoms with Crippen LogP contribution < -0.4 is 9.80 Å². The molecule has 0 unspecified atom stereocenters. The number of nitro benzene ring substituents is 1. The zero-order valence-corrected chi connectivity index (χ0v) is 18.9. The van der Waals surface area contributed by atoms with E-state index in [1.165, 1.54) is 24.5 Å². The average molecular weight is 398 g/mol. The summed E-state index contributed by atoms with van der Waals surface area (Å²) >= 11 is 0. The van der Waals surface area contributed by atoms with Gasteiger partial charge in [-0.25, -0.2) is 14.4 Å². The van der Waals surface area contributed by atoms with Crippen molar-refractivity contribution in [2.45, 2.75) is 21.4 Å². The number of nitro groups is 1. The van der Waals surface area contributed by atoms with Gasteiger partial charge < -0.3 is 9.80 Å². The van der Waals surface area contributed by atoms with Crippen LogP contribution in [0.25, 0.3) is 0 Å². The molecule has 0 aliphatic carbocycles. The molecule has 0 N–H and O–H groups in total. The van der Waals surface area contributed by atoms with E-state index < -0.39 is 32.1 Å². The highest BCUT2D eigenvalue weighted by Gasteiger charge is 2.62. The van der Waals surface area contributed by atoms with Crippen molar-refractivity contribution in [2.75, 3.05) is 9.80 Å². The van der Waals surface area contributed by atoms with Crippen LogP contribution in [0.5, 0.6) is 0 Å². The Hall–Kier alpha value is -2.25. The molecular weight excluding hydrogens is 376 g/mol. The molecule has 3 rings (SSSR count). The average Bonchev–Trinajstić information content (AvgIpc) is 2.62. The van der Waals surface area contributed by atoms with E-state index in [1.54, 1.807) is 12.1 Å². The number of anilines is 2. The van der Waals surface area contributed by atoms with E-state index in [2.05, 4.69) is 82.5 Å². The Morgan fingerprint density at radius 3 is 1.60 bits per heavy atom. The molecule has 146 valence electrons. The molecule has 0 saturated carbocycles. The number of rotatable bonds is 3. The van der Waals surface area contributed by atoms with Gasteiger partial charge in [0.2, 0.25) is 5.95 Å². The number of halogens is 1. The monoisotopic (exact) mass is 399 g/mol. The van der Waals surface area contributed by atoms with Crippen LogP contribution in [0.1, 0.15) is 0 Å². The van der Waals surface area contributed by atoms with Gasteiger partial charge in [0.05, 0.1) is 17.3 Å². The first kappa shape index (κ1) is 22.4. The van der Waals surface area contributed by atoms with Gasteiger partial charge in [0.25, 0.3) is 5.69 Å². The smallest absolute Gasteiger partial charge is 0.269 e. The second-order valence-corrected chi connectivity index (χ2v) is 9.88. The third-order valence-electron chi connectivity index (χ3n) is 7.36. The summed E-state index contributed by atoms with van der Waals surface area (Å²) in [4.78, 5) is 23.8. The molecule has 0 bridgehead atoms. The predicted molar refractivity (Wildman–Crippen MR) is 139 cm³/mol. The molecule has 2 aromatic rings. The zero-order valence-electron chi connectivity index (χ0n) is 18.9. The molecule has 0 spiro atoms. The minimum atomic E-state index is -0.481. The lowest BCUT2D eigenvalue weighted by Gasteiger charge is -2.74. The normalized spacial score (nSPS) is 21.1. The van der Waals surface area contributed by atoms with Gasteiger partial charge in [-0.05, 0) is 33.5 Å². The Labute approximate surface area is 183 Å². The van der Waals surface area contributed by atoms with Gasteiger partial charge in [0.1, 0.15) is 62.8 Å². The standard InChI is InChI=1S/C14H22B8FN5O2/c15-11(16)13(19,20)27(10-24-5-7(23)6-25-10)14(21,22)12(17,18)26(11)8-1-3-9(4-2-8)28(29)30/h1-6H,15-22H2. The number of piperazine rings is 1. The molecule has 30 heavy (non-hydrogen) atoms. The minimum absolute atomic E-state index is 0.0613. The predicted octanol–water partition coefficient (Wildman–Crippen LogP) is -6.47. The summed E-state index contributed by atoms with van der Waals surface area (Å²) in [6, 6.07) is 6.68. The summed E-state index contributed by atoms with van der Waals surface area (Å²) in [6.07, 6.45) is 2.38. The third kappa shape index (κ3) is 3.06. The molecule has 1 aliphatic rings. The van der Waals surface area contributed by atoms with Crippen LogP contribution in [0.2, 0.25) is 0 Å². The Morgan fingerprint density at radius 1 is 0.800 bits per heavy atom. The van der Waals surface area contributed by atoms with Gasteiger partial charge in [-0.15, -0.1) is 0 Å². The number of nitrogens with zero attached hydrogens (tertiary/aromatic N) is 5. The maximum absolute atomic E-state index is 13.5. The molecule has 0 atom stereocenters. The van der Waals surface area contributed by atoms with Gasteiger partial charge in [-0.1, -0.05) is 0 Å². The lowest BCUT2D eigenvalue weighted by molar-refractivity contribution is -0.384. The third-order valence-corrected chi connectivity index (χ3v) is 7.36. The van der Waals surface area contributed by atoms with Crippen molar-refractivity contribution in [1.82, 2.24) is 9.97 Å². The first-order valence-electron chi connectivity index (χ1n) is 9.98. The number of hydrogen-bond acceptors (Lipinski definition) is 6. The maximum atomic E-state index is 13.5. The first-order valence-corrected chi connectivity index (χ1v) is 9.98. The van der Waals surface area contributed by atoms with E-state index in [1.807, 2.05) is 0 Å². The zero-order chi connectivity index (χ0) is 22.7. The fourth-order valence-electron chi connectivity index (χ4n) is 4.78. The second kappa shape index (κ2) is 6.89. The second-order valence-electron chi connectivity index (χ2n) is 9.88. The van der Waals surface area contributed by atoms with Crippen molar-refractivity contribution in [3.05, 3.63) is 52.6 Å². The number of hydrogen-bond donors (Lipinski definition) is 0. The summed E-state index contributed by atoms with van der Waals surface area (Å²) in [7, 11) is 17.0. The fourth-order valence-corrected chi connectivity index (χ4v) is 4.78. The summed E-state index contributed by atoms with van der Waals surface area (Å²) in [6.45, 7) is 0. The van der Waals surface area contributed by atoms with E-state index >= 15 is 0 Å². The van der Waals surface area contributed by atoms with Crippen LogP contribution in [-0.2, 0) is 0 Å². The Morgan fingerprint density at radius 2 is 1.20 bits per heavy atom. The highest BCUT2D eigenvalue weighted by atomic mass is 19.1. The lowest BCUT2D eigenvalue weighted by Crippen LogP contribution is -2.93. The van der Waals surface area contributed by atoms with E-state index in [-0.39, 0.29) is 5.69 Å². The summed E-state index contributed by atoms with van der Waals surface area (Å²) in [5.41, 5.74) is 0.961. The molecule has 1 aromatic heterocycles. The van der Waals surface area contributed by atoms with E-state index in [0.717, 1.165) is 5.69 Å². The van der Waals surface area contributed by atoms with Crippen LogP contribution in [-0.4, -0.2) is 99.0 Å². The number of benzene rings is 1. The molecule has 2 heterocycles. The van der Waals surface area contributed by atoms with Crippen molar-refractivity contribution in [2.24, 2.45) is 0 Å². The van der Waals surface area contributed by atoms with Crippen molar-refractivity contribution in [1.29, 1.82) is 0 Å². The highest BCUT2D eigenvalue weighted by Crippen LogP contribution is 2.46. The Bertz CT molecular complexity index is 945. The van der Waals surface area contributed by atoms with Gasteiger partial charge in [0, 0.05) is 17.8 Å². The number of non-ortho nitro benzene ring substituents is 1. The summed E-state index contributed by atoms with van der Waals surface area (Å²) < 4.78 is 13.5. The molecule has 0 radical (unpaired) electrons. The lowest BCUT2D eigenvalue weighted by atomic mass is 9.26. The van der Waals surface area contributed by atoms with Crippen LogP contribution >= 0.6 is 0 Å². The van der Waals surface area contributed by atoms with E-state index in [9.17, 15) is 14.5 Å².